The van der Waals surface area contributed by atoms with Gasteiger partial charge in [0.1, 0.15) is 12.2 Å². The van der Waals surface area contributed by atoms with Crippen LogP contribution in [0.15, 0.2) is 41.5 Å². The minimum atomic E-state index is -0.0395. The minimum Gasteiger partial charge on any atom is -0.468 e. The Bertz CT molecular complexity index is 573. The van der Waals surface area contributed by atoms with Crippen molar-refractivity contribution in [2.45, 2.75) is 38.0 Å². The Morgan fingerprint density at radius 1 is 1.09 bits per heavy atom. The maximum atomic E-state index is 6.01. The standard InChI is InChI=1S/C18H22N2O2/c1-2-11-20(10-1)12-14-5-7-15(8-6-14)17-13-21-16-4-3-9-19-18(16)22-17/h3,5-9,16-17H,1-2,4,10-13H2/t16?,17-/m1/s1. The van der Waals surface area contributed by atoms with Crippen molar-refractivity contribution in [1.82, 2.24) is 4.90 Å². The number of rotatable bonds is 3. The zero-order valence-corrected chi connectivity index (χ0v) is 12.8. The Hall–Kier alpha value is -1.65. The highest BCUT2D eigenvalue weighted by molar-refractivity contribution is 5.83. The molecule has 0 aromatic heterocycles. The number of aliphatic imine (C=N–C) groups is 1. The molecule has 3 aliphatic heterocycles. The number of hydrogen-bond donors (Lipinski definition) is 0. The summed E-state index contributed by atoms with van der Waals surface area (Å²) in [6.07, 6.45) is 7.33. The van der Waals surface area contributed by atoms with Gasteiger partial charge in [0.15, 0.2) is 0 Å². The number of ether oxygens (including phenoxy) is 2. The molecule has 4 nitrogen and oxygen atoms in total. The smallest absolute Gasteiger partial charge is 0.218 e. The summed E-state index contributed by atoms with van der Waals surface area (Å²) < 4.78 is 11.9. The number of nitrogens with zero attached hydrogens (tertiary/aromatic N) is 2. The molecule has 4 rings (SSSR count). The highest BCUT2D eigenvalue weighted by atomic mass is 16.6. The molecule has 3 heterocycles. The second kappa shape index (κ2) is 6.23. The molecule has 0 N–H and O–H groups in total. The molecule has 116 valence electrons. The first-order valence-electron chi connectivity index (χ1n) is 8.21. The fourth-order valence-electron chi connectivity index (χ4n) is 3.32. The van der Waals surface area contributed by atoms with Gasteiger partial charge in [0, 0.05) is 19.2 Å². The van der Waals surface area contributed by atoms with E-state index in [1.54, 1.807) is 6.20 Å². The van der Waals surface area contributed by atoms with E-state index in [2.05, 4.69) is 34.2 Å². The van der Waals surface area contributed by atoms with Crippen molar-refractivity contribution < 1.29 is 9.47 Å². The topological polar surface area (TPSA) is 34.1 Å². The van der Waals surface area contributed by atoms with E-state index in [0.29, 0.717) is 6.61 Å². The summed E-state index contributed by atoms with van der Waals surface area (Å²) in [6, 6.07) is 8.76. The summed E-state index contributed by atoms with van der Waals surface area (Å²) in [5.74, 6) is 0.722. The molecule has 2 fully saturated rings. The Labute approximate surface area is 131 Å². The van der Waals surface area contributed by atoms with Gasteiger partial charge in [-0.3, -0.25) is 4.90 Å². The van der Waals surface area contributed by atoms with Gasteiger partial charge < -0.3 is 9.47 Å². The van der Waals surface area contributed by atoms with Crippen LogP contribution in [0.5, 0.6) is 0 Å². The second-order valence-corrected chi connectivity index (χ2v) is 6.24. The largest absolute Gasteiger partial charge is 0.468 e. The van der Waals surface area contributed by atoms with Gasteiger partial charge in [-0.25, -0.2) is 4.99 Å². The third-order valence-corrected chi connectivity index (χ3v) is 4.60. The summed E-state index contributed by atoms with van der Waals surface area (Å²) in [5.41, 5.74) is 2.54. The Balaban J connectivity index is 1.42. The molecular formula is C18H22N2O2. The van der Waals surface area contributed by atoms with Crippen LogP contribution in [0.25, 0.3) is 0 Å². The maximum Gasteiger partial charge on any atom is 0.218 e. The highest BCUT2D eigenvalue weighted by Crippen LogP contribution is 2.27. The average Bonchev–Trinajstić information content (AvgIpc) is 3.08. The molecular weight excluding hydrogens is 276 g/mol. The molecule has 22 heavy (non-hydrogen) atoms. The molecule has 0 bridgehead atoms. The fourth-order valence-corrected chi connectivity index (χ4v) is 3.32. The van der Waals surface area contributed by atoms with E-state index in [9.17, 15) is 0 Å². The van der Waals surface area contributed by atoms with E-state index in [1.165, 1.54) is 37.1 Å². The summed E-state index contributed by atoms with van der Waals surface area (Å²) >= 11 is 0. The van der Waals surface area contributed by atoms with Crippen molar-refractivity contribution in [2.75, 3.05) is 19.7 Å². The van der Waals surface area contributed by atoms with Crippen LogP contribution in [0.1, 0.15) is 36.5 Å². The van der Waals surface area contributed by atoms with Crippen LogP contribution in [0.4, 0.5) is 0 Å². The number of likely N-dealkylation sites (tertiary alicyclic amines) is 1. The lowest BCUT2D eigenvalue weighted by Crippen LogP contribution is -2.36. The summed E-state index contributed by atoms with van der Waals surface area (Å²) in [6.45, 7) is 4.12. The second-order valence-electron chi connectivity index (χ2n) is 6.24. The zero-order valence-electron chi connectivity index (χ0n) is 12.8. The van der Waals surface area contributed by atoms with Gasteiger partial charge in [0.2, 0.25) is 5.90 Å². The SMILES string of the molecule is C1=CN=C2O[C@@H](c3ccc(CN4CCCC4)cc3)COC2C1. The van der Waals surface area contributed by atoms with Crippen molar-refractivity contribution in [2.24, 2.45) is 4.99 Å². The fraction of sp³-hybridized carbons (Fsp3) is 0.500. The van der Waals surface area contributed by atoms with Crippen LogP contribution >= 0.6 is 0 Å². The summed E-state index contributed by atoms with van der Waals surface area (Å²) in [4.78, 5) is 6.81. The van der Waals surface area contributed by atoms with Crippen molar-refractivity contribution in [3.05, 3.63) is 47.7 Å². The van der Waals surface area contributed by atoms with Gasteiger partial charge in [-0.1, -0.05) is 30.3 Å². The molecule has 0 spiro atoms. The van der Waals surface area contributed by atoms with Crippen molar-refractivity contribution in [1.29, 1.82) is 0 Å². The molecule has 2 saturated heterocycles. The van der Waals surface area contributed by atoms with Crippen LogP contribution in [-0.4, -0.2) is 36.6 Å². The molecule has 0 saturated carbocycles. The van der Waals surface area contributed by atoms with Crippen LogP contribution in [-0.2, 0) is 16.0 Å². The lowest BCUT2D eigenvalue weighted by atomic mass is 10.1. The zero-order chi connectivity index (χ0) is 14.8. The number of fused-ring (bicyclic) bond motifs is 1. The molecule has 0 aliphatic carbocycles. The van der Waals surface area contributed by atoms with E-state index in [1.807, 2.05) is 6.08 Å². The number of hydrogen-bond acceptors (Lipinski definition) is 4. The average molecular weight is 298 g/mol. The molecule has 0 radical (unpaired) electrons. The first-order chi connectivity index (χ1) is 10.9. The molecule has 2 atom stereocenters. The Kier molecular flexibility index (Phi) is 3.95. The van der Waals surface area contributed by atoms with E-state index in [0.717, 1.165) is 18.9 Å². The molecule has 1 aromatic carbocycles. The van der Waals surface area contributed by atoms with Gasteiger partial charge in [-0.15, -0.1) is 0 Å². The molecule has 3 aliphatic rings. The van der Waals surface area contributed by atoms with Gasteiger partial charge in [0.25, 0.3) is 0 Å². The predicted molar refractivity (Wildman–Crippen MR) is 85.7 cm³/mol. The minimum absolute atomic E-state index is 0.00990. The van der Waals surface area contributed by atoms with E-state index in [-0.39, 0.29) is 12.2 Å². The lowest BCUT2D eigenvalue weighted by molar-refractivity contribution is -0.0323. The summed E-state index contributed by atoms with van der Waals surface area (Å²) in [7, 11) is 0. The van der Waals surface area contributed by atoms with Crippen LogP contribution in [0.3, 0.4) is 0 Å². The van der Waals surface area contributed by atoms with Crippen molar-refractivity contribution >= 4 is 5.90 Å². The third-order valence-electron chi connectivity index (χ3n) is 4.60. The maximum absolute atomic E-state index is 6.01. The molecule has 1 unspecified atom stereocenters. The van der Waals surface area contributed by atoms with Crippen molar-refractivity contribution in [3.63, 3.8) is 0 Å². The summed E-state index contributed by atoms with van der Waals surface area (Å²) in [5, 5.41) is 0. The van der Waals surface area contributed by atoms with Crippen LogP contribution in [0.2, 0.25) is 0 Å². The van der Waals surface area contributed by atoms with Crippen LogP contribution in [0, 0.1) is 0 Å². The van der Waals surface area contributed by atoms with Gasteiger partial charge >= 0.3 is 0 Å². The van der Waals surface area contributed by atoms with Gasteiger partial charge in [-0.05, 0) is 37.1 Å². The molecule has 4 heteroatoms. The first-order valence-corrected chi connectivity index (χ1v) is 8.21. The van der Waals surface area contributed by atoms with E-state index in [4.69, 9.17) is 9.47 Å². The van der Waals surface area contributed by atoms with Crippen molar-refractivity contribution in [3.8, 4) is 0 Å². The quantitative estimate of drug-likeness (QED) is 0.860. The number of benzene rings is 1. The van der Waals surface area contributed by atoms with Gasteiger partial charge in [0.05, 0.1) is 6.61 Å². The van der Waals surface area contributed by atoms with Gasteiger partial charge in [-0.2, -0.15) is 0 Å². The first kappa shape index (κ1) is 14.0. The highest BCUT2D eigenvalue weighted by Gasteiger charge is 2.30. The Morgan fingerprint density at radius 2 is 1.91 bits per heavy atom. The molecule has 0 amide bonds. The Morgan fingerprint density at radius 3 is 2.73 bits per heavy atom. The predicted octanol–water partition coefficient (Wildman–Crippen LogP) is 3.05. The third kappa shape index (κ3) is 2.94. The van der Waals surface area contributed by atoms with E-state index >= 15 is 0 Å². The lowest BCUT2D eigenvalue weighted by Gasteiger charge is -2.32. The van der Waals surface area contributed by atoms with Crippen LogP contribution < -0.4 is 0 Å². The normalized spacial score (nSPS) is 28.1. The van der Waals surface area contributed by atoms with E-state index < -0.39 is 0 Å². The molecule has 1 aromatic rings. The monoisotopic (exact) mass is 298 g/mol.